The van der Waals surface area contributed by atoms with Crippen LogP contribution in [-0.4, -0.2) is 19.6 Å². The van der Waals surface area contributed by atoms with Crippen LogP contribution in [0, 0.1) is 17.2 Å². The average molecular weight is 266 g/mol. The Morgan fingerprint density at radius 1 is 1.58 bits per heavy atom. The maximum absolute atomic E-state index is 13.8. The van der Waals surface area contributed by atoms with Crippen LogP contribution in [0.4, 0.5) is 15.8 Å². The first-order valence-corrected chi connectivity index (χ1v) is 6.26. The summed E-state index contributed by atoms with van der Waals surface area (Å²) in [5.74, 6) is -0.484. The lowest BCUT2D eigenvalue weighted by molar-refractivity contribution is 0.0602. The van der Waals surface area contributed by atoms with E-state index < -0.39 is 11.8 Å². The highest BCUT2D eigenvalue weighted by atomic mass is 19.1. The molecule has 5 heteroatoms. The number of hydrogen-bond acceptors (Lipinski definition) is 4. The minimum absolute atomic E-state index is 0.0849. The minimum Gasteiger partial charge on any atom is -0.465 e. The highest BCUT2D eigenvalue weighted by Crippen LogP contribution is 2.51. The van der Waals surface area contributed by atoms with Gasteiger partial charge < -0.3 is 15.8 Å². The Hall–Kier alpha value is -1.78. The van der Waals surface area contributed by atoms with Crippen molar-refractivity contribution in [3.05, 3.63) is 23.5 Å². The molecule has 1 aromatic carbocycles. The second-order valence-corrected chi connectivity index (χ2v) is 5.68. The van der Waals surface area contributed by atoms with E-state index >= 15 is 0 Å². The molecular formula is C14H19FN2O2. The van der Waals surface area contributed by atoms with Gasteiger partial charge in [0.05, 0.1) is 18.4 Å². The summed E-state index contributed by atoms with van der Waals surface area (Å²) in [7, 11) is 1.27. The Kier molecular flexibility index (Phi) is 3.39. The number of carbonyl (C=O) groups excluding carboxylic acids is 1. The van der Waals surface area contributed by atoms with E-state index in [1.54, 1.807) is 0 Å². The second kappa shape index (κ2) is 4.72. The molecule has 0 saturated heterocycles. The van der Waals surface area contributed by atoms with Gasteiger partial charge in [0.25, 0.3) is 0 Å². The third-order valence-electron chi connectivity index (χ3n) is 3.80. The molecule has 0 spiro atoms. The zero-order chi connectivity index (χ0) is 14.2. The SMILES string of the molecule is COC(=O)c1cc(NCC2CC2(C)C)c(F)cc1N. The largest absolute Gasteiger partial charge is 0.465 e. The summed E-state index contributed by atoms with van der Waals surface area (Å²) in [6.07, 6.45) is 1.13. The third-order valence-corrected chi connectivity index (χ3v) is 3.80. The van der Waals surface area contributed by atoms with Gasteiger partial charge in [-0.25, -0.2) is 9.18 Å². The Bertz CT molecular complexity index is 514. The molecule has 0 heterocycles. The Labute approximate surface area is 112 Å². The van der Waals surface area contributed by atoms with Crippen LogP contribution in [0.2, 0.25) is 0 Å². The standard InChI is InChI=1S/C14H19FN2O2/c1-14(2)6-8(14)7-17-12-4-9(13(18)19-3)11(16)5-10(12)15/h4-5,8,17H,6-7,16H2,1-3H3. The van der Waals surface area contributed by atoms with Crippen molar-refractivity contribution in [3.8, 4) is 0 Å². The van der Waals surface area contributed by atoms with E-state index in [1.807, 2.05) is 0 Å². The molecular weight excluding hydrogens is 247 g/mol. The lowest BCUT2D eigenvalue weighted by atomic mass is 10.1. The van der Waals surface area contributed by atoms with E-state index in [-0.39, 0.29) is 16.9 Å². The highest BCUT2D eigenvalue weighted by Gasteiger charge is 2.45. The molecule has 1 fully saturated rings. The number of anilines is 2. The van der Waals surface area contributed by atoms with Crippen molar-refractivity contribution < 1.29 is 13.9 Å². The number of nitrogens with two attached hydrogens (primary N) is 1. The van der Waals surface area contributed by atoms with E-state index in [0.717, 1.165) is 12.5 Å². The van der Waals surface area contributed by atoms with Crippen LogP contribution in [0.15, 0.2) is 12.1 Å². The molecule has 0 bridgehead atoms. The van der Waals surface area contributed by atoms with Crippen LogP contribution in [-0.2, 0) is 4.74 Å². The maximum atomic E-state index is 13.8. The molecule has 1 aromatic rings. The van der Waals surface area contributed by atoms with Gasteiger partial charge in [-0.3, -0.25) is 0 Å². The molecule has 19 heavy (non-hydrogen) atoms. The van der Waals surface area contributed by atoms with Gasteiger partial charge in [-0.05, 0) is 29.9 Å². The van der Waals surface area contributed by atoms with Gasteiger partial charge in [0.2, 0.25) is 0 Å². The van der Waals surface area contributed by atoms with Gasteiger partial charge in [-0.1, -0.05) is 13.8 Å². The summed E-state index contributed by atoms with van der Waals surface area (Å²) in [6, 6.07) is 2.55. The Balaban J connectivity index is 2.13. The smallest absolute Gasteiger partial charge is 0.340 e. The molecule has 0 aliphatic heterocycles. The van der Waals surface area contributed by atoms with Gasteiger partial charge in [0.1, 0.15) is 5.82 Å². The molecule has 2 rings (SSSR count). The van der Waals surface area contributed by atoms with E-state index in [0.29, 0.717) is 17.9 Å². The second-order valence-electron chi connectivity index (χ2n) is 5.68. The molecule has 3 N–H and O–H groups in total. The number of rotatable bonds is 4. The number of nitrogen functional groups attached to an aromatic ring is 1. The number of methoxy groups -OCH3 is 1. The van der Waals surface area contributed by atoms with Gasteiger partial charge in [-0.2, -0.15) is 0 Å². The van der Waals surface area contributed by atoms with Crippen LogP contribution in [0.5, 0.6) is 0 Å². The first-order valence-electron chi connectivity index (χ1n) is 6.26. The molecule has 1 aliphatic rings. The zero-order valence-corrected chi connectivity index (χ0v) is 11.4. The van der Waals surface area contributed by atoms with Crippen molar-refractivity contribution in [1.82, 2.24) is 0 Å². The summed E-state index contributed by atoms with van der Waals surface area (Å²) in [4.78, 5) is 11.5. The molecule has 4 nitrogen and oxygen atoms in total. The van der Waals surface area contributed by atoms with Gasteiger partial charge in [-0.15, -0.1) is 0 Å². The Morgan fingerprint density at radius 3 is 2.74 bits per heavy atom. The number of ether oxygens (including phenoxy) is 1. The van der Waals surface area contributed by atoms with Crippen LogP contribution in [0.25, 0.3) is 0 Å². The van der Waals surface area contributed by atoms with E-state index in [9.17, 15) is 9.18 Å². The molecule has 1 aliphatic carbocycles. The van der Waals surface area contributed by atoms with Crippen LogP contribution < -0.4 is 11.1 Å². The predicted molar refractivity (Wildman–Crippen MR) is 72.5 cm³/mol. The van der Waals surface area contributed by atoms with E-state index in [4.69, 9.17) is 5.73 Å². The monoisotopic (exact) mass is 266 g/mol. The topological polar surface area (TPSA) is 64.3 Å². The first-order chi connectivity index (χ1) is 8.85. The minimum atomic E-state index is -0.563. The molecule has 1 saturated carbocycles. The zero-order valence-electron chi connectivity index (χ0n) is 11.4. The average Bonchev–Trinajstić information content (AvgIpc) is 2.95. The summed E-state index contributed by atoms with van der Waals surface area (Å²) in [5, 5.41) is 3.04. The number of hydrogen-bond donors (Lipinski definition) is 2. The number of halogens is 1. The van der Waals surface area contributed by atoms with Crippen molar-refractivity contribution in [2.45, 2.75) is 20.3 Å². The van der Waals surface area contributed by atoms with Gasteiger partial charge in [0, 0.05) is 12.2 Å². The summed E-state index contributed by atoms with van der Waals surface area (Å²) < 4.78 is 18.4. The van der Waals surface area contributed by atoms with Crippen molar-refractivity contribution in [2.75, 3.05) is 24.7 Å². The lowest BCUT2D eigenvalue weighted by Crippen LogP contribution is -2.11. The predicted octanol–water partition coefficient (Wildman–Crippen LogP) is 2.65. The fourth-order valence-electron chi connectivity index (χ4n) is 2.17. The van der Waals surface area contributed by atoms with Crippen LogP contribution in [0.3, 0.4) is 0 Å². The molecule has 0 aromatic heterocycles. The fraction of sp³-hybridized carbons (Fsp3) is 0.500. The molecule has 104 valence electrons. The maximum Gasteiger partial charge on any atom is 0.340 e. The molecule has 0 amide bonds. The summed E-state index contributed by atoms with van der Waals surface area (Å²) in [5.41, 5.74) is 6.49. The number of benzene rings is 1. The summed E-state index contributed by atoms with van der Waals surface area (Å²) in [6.45, 7) is 5.05. The van der Waals surface area contributed by atoms with E-state index in [2.05, 4.69) is 23.9 Å². The van der Waals surface area contributed by atoms with Gasteiger partial charge in [0.15, 0.2) is 0 Å². The molecule has 1 atom stereocenters. The quantitative estimate of drug-likeness (QED) is 0.649. The van der Waals surface area contributed by atoms with E-state index in [1.165, 1.54) is 13.2 Å². The first kappa shape index (κ1) is 13.6. The fourth-order valence-corrected chi connectivity index (χ4v) is 2.17. The number of nitrogens with one attached hydrogen (secondary N) is 1. The van der Waals surface area contributed by atoms with Gasteiger partial charge >= 0.3 is 5.97 Å². The van der Waals surface area contributed by atoms with Crippen molar-refractivity contribution in [1.29, 1.82) is 0 Å². The highest BCUT2D eigenvalue weighted by molar-refractivity contribution is 5.96. The van der Waals surface area contributed by atoms with Crippen molar-refractivity contribution >= 4 is 17.3 Å². The number of esters is 1. The van der Waals surface area contributed by atoms with Crippen LogP contribution >= 0.6 is 0 Å². The van der Waals surface area contributed by atoms with Crippen molar-refractivity contribution in [3.63, 3.8) is 0 Å². The van der Waals surface area contributed by atoms with Crippen LogP contribution in [0.1, 0.15) is 30.6 Å². The number of carbonyl (C=O) groups is 1. The molecule has 1 unspecified atom stereocenters. The third kappa shape index (κ3) is 2.80. The Morgan fingerprint density at radius 2 is 2.21 bits per heavy atom. The molecule has 0 radical (unpaired) electrons. The normalized spacial score (nSPS) is 19.9. The van der Waals surface area contributed by atoms with Crippen molar-refractivity contribution in [2.24, 2.45) is 11.3 Å². The lowest BCUT2D eigenvalue weighted by Gasteiger charge is -2.11. The summed E-state index contributed by atoms with van der Waals surface area (Å²) >= 11 is 0.